The topological polar surface area (TPSA) is 45.2 Å². The van der Waals surface area contributed by atoms with Crippen LogP contribution in [-0.4, -0.2) is 41.5 Å². The zero-order valence-corrected chi connectivity index (χ0v) is 11.8. The molecule has 1 aliphatic rings. The van der Waals surface area contributed by atoms with Crippen molar-refractivity contribution >= 4 is 5.91 Å². The first-order valence-electron chi connectivity index (χ1n) is 6.98. The molecule has 0 aromatic carbocycles. The van der Waals surface area contributed by atoms with Crippen molar-refractivity contribution in [1.29, 1.82) is 0 Å². The molecule has 0 bridgehead atoms. The van der Waals surface area contributed by atoms with Gasteiger partial charge in [0.05, 0.1) is 5.56 Å². The van der Waals surface area contributed by atoms with E-state index in [1.807, 2.05) is 6.92 Å². The molecule has 1 atom stereocenters. The average Bonchev–Trinajstić information content (AvgIpc) is 2.48. The van der Waals surface area contributed by atoms with Gasteiger partial charge in [0.15, 0.2) is 0 Å². The largest absolute Gasteiger partial charge is 0.417 e. The van der Waals surface area contributed by atoms with E-state index >= 15 is 0 Å². The van der Waals surface area contributed by atoms with Gasteiger partial charge in [-0.1, -0.05) is 0 Å². The van der Waals surface area contributed by atoms with Gasteiger partial charge in [-0.05, 0) is 38.4 Å². The first kappa shape index (κ1) is 15.8. The van der Waals surface area contributed by atoms with Gasteiger partial charge in [0.2, 0.25) is 0 Å². The molecule has 1 unspecified atom stereocenters. The summed E-state index contributed by atoms with van der Waals surface area (Å²) in [5.74, 6) is -0.320. The molecular weight excluding hydrogens is 283 g/mol. The number of likely N-dealkylation sites (N-methyl/N-ethyl adjacent to an activating group) is 1. The zero-order chi connectivity index (χ0) is 15.5. The number of rotatable bonds is 3. The summed E-state index contributed by atoms with van der Waals surface area (Å²) in [5.41, 5.74) is -0.795. The lowest BCUT2D eigenvalue weighted by Crippen LogP contribution is -2.48. The van der Waals surface area contributed by atoms with Crippen LogP contribution in [0.15, 0.2) is 18.3 Å². The fourth-order valence-corrected chi connectivity index (χ4v) is 2.50. The van der Waals surface area contributed by atoms with Crippen molar-refractivity contribution in [3.8, 4) is 0 Å². The van der Waals surface area contributed by atoms with Crippen molar-refractivity contribution in [3.63, 3.8) is 0 Å². The third-order valence-corrected chi connectivity index (χ3v) is 3.62. The number of hydrogen-bond acceptors (Lipinski definition) is 3. The van der Waals surface area contributed by atoms with Crippen LogP contribution >= 0.6 is 0 Å². The van der Waals surface area contributed by atoms with Gasteiger partial charge >= 0.3 is 6.18 Å². The van der Waals surface area contributed by atoms with Gasteiger partial charge in [0.1, 0.15) is 5.69 Å². The summed E-state index contributed by atoms with van der Waals surface area (Å²) in [6, 6.07) is 2.11. The van der Waals surface area contributed by atoms with E-state index in [0.717, 1.165) is 31.5 Å². The first-order chi connectivity index (χ1) is 9.93. The Morgan fingerprint density at radius 1 is 1.48 bits per heavy atom. The van der Waals surface area contributed by atoms with Crippen LogP contribution in [0.2, 0.25) is 0 Å². The lowest BCUT2D eigenvalue weighted by Gasteiger charge is -2.33. The molecule has 1 fully saturated rings. The molecule has 0 saturated carbocycles. The van der Waals surface area contributed by atoms with Gasteiger partial charge in [-0.25, -0.2) is 0 Å². The Morgan fingerprint density at radius 2 is 2.24 bits per heavy atom. The number of hydrogen-bond donors (Lipinski definition) is 1. The fraction of sp³-hybridized carbons (Fsp3) is 0.571. The van der Waals surface area contributed by atoms with Gasteiger partial charge in [0.25, 0.3) is 5.91 Å². The molecule has 1 aliphatic heterocycles. The third kappa shape index (κ3) is 3.72. The van der Waals surface area contributed by atoms with Crippen LogP contribution in [0.25, 0.3) is 0 Å². The number of pyridine rings is 1. The first-order valence-corrected chi connectivity index (χ1v) is 6.98. The SMILES string of the molecule is CCN(C(=O)c1ccc(C(F)(F)F)cn1)C1CCCNC1. The van der Waals surface area contributed by atoms with Crippen molar-refractivity contribution in [3.05, 3.63) is 29.6 Å². The Labute approximate surface area is 121 Å². The highest BCUT2D eigenvalue weighted by Gasteiger charge is 2.31. The predicted octanol–water partition coefficient (Wildman–Crippen LogP) is 2.31. The van der Waals surface area contributed by atoms with E-state index in [-0.39, 0.29) is 17.6 Å². The van der Waals surface area contributed by atoms with Crippen LogP contribution < -0.4 is 5.32 Å². The molecule has 1 aromatic heterocycles. The molecule has 2 heterocycles. The van der Waals surface area contributed by atoms with Gasteiger partial charge in [-0.2, -0.15) is 13.2 Å². The molecule has 1 saturated heterocycles. The third-order valence-electron chi connectivity index (χ3n) is 3.62. The number of carbonyl (C=O) groups excluding carboxylic acids is 1. The Morgan fingerprint density at radius 3 is 2.71 bits per heavy atom. The summed E-state index contributed by atoms with van der Waals surface area (Å²) in [5, 5.41) is 3.22. The van der Waals surface area contributed by atoms with E-state index in [0.29, 0.717) is 19.3 Å². The zero-order valence-electron chi connectivity index (χ0n) is 11.8. The van der Waals surface area contributed by atoms with Crippen molar-refractivity contribution in [1.82, 2.24) is 15.2 Å². The molecular formula is C14H18F3N3O. The van der Waals surface area contributed by atoms with Crippen LogP contribution in [0.1, 0.15) is 35.8 Å². The number of nitrogens with one attached hydrogen (secondary N) is 1. The smallest absolute Gasteiger partial charge is 0.333 e. The summed E-state index contributed by atoms with van der Waals surface area (Å²) in [6.07, 6.45) is -1.85. The van der Waals surface area contributed by atoms with Crippen molar-refractivity contribution in [2.24, 2.45) is 0 Å². The number of amides is 1. The highest BCUT2D eigenvalue weighted by atomic mass is 19.4. The Balaban J connectivity index is 2.13. The van der Waals surface area contributed by atoms with Crippen LogP contribution in [-0.2, 0) is 6.18 Å². The molecule has 2 rings (SSSR count). The van der Waals surface area contributed by atoms with Crippen molar-refractivity contribution < 1.29 is 18.0 Å². The van der Waals surface area contributed by atoms with E-state index in [1.165, 1.54) is 0 Å². The summed E-state index contributed by atoms with van der Waals surface area (Å²) >= 11 is 0. The molecule has 7 heteroatoms. The quantitative estimate of drug-likeness (QED) is 0.932. The van der Waals surface area contributed by atoms with Gasteiger partial charge < -0.3 is 10.2 Å². The fourth-order valence-electron chi connectivity index (χ4n) is 2.50. The number of halogens is 3. The van der Waals surface area contributed by atoms with E-state index in [1.54, 1.807) is 4.90 Å². The van der Waals surface area contributed by atoms with Crippen molar-refractivity contribution in [2.45, 2.75) is 32.0 Å². The second-order valence-corrected chi connectivity index (χ2v) is 5.02. The average molecular weight is 301 g/mol. The monoisotopic (exact) mass is 301 g/mol. The normalized spacial score (nSPS) is 19.3. The number of piperidine rings is 1. The number of aromatic nitrogens is 1. The summed E-state index contributed by atoms with van der Waals surface area (Å²) in [4.78, 5) is 17.7. The predicted molar refractivity (Wildman–Crippen MR) is 71.8 cm³/mol. The minimum absolute atomic E-state index is 0.0513. The number of carbonyl (C=O) groups is 1. The summed E-state index contributed by atoms with van der Waals surface area (Å²) in [6.45, 7) is 4.01. The van der Waals surface area contributed by atoms with Crippen LogP contribution in [0, 0.1) is 0 Å². The molecule has 116 valence electrons. The van der Waals surface area contributed by atoms with Gasteiger partial charge in [-0.15, -0.1) is 0 Å². The highest BCUT2D eigenvalue weighted by molar-refractivity contribution is 5.92. The second kappa shape index (κ2) is 6.43. The Bertz CT molecular complexity index is 481. The molecule has 1 N–H and O–H groups in total. The molecule has 0 spiro atoms. The van der Waals surface area contributed by atoms with Crippen LogP contribution in [0.5, 0.6) is 0 Å². The maximum Gasteiger partial charge on any atom is 0.417 e. The lowest BCUT2D eigenvalue weighted by atomic mass is 10.1. The molecule has 0 radical (unpaired) electrons. The van der Waals surface area contributed by atoms with E-state index in [2.05, 4.69) is 10.3 Å². The standard InChI is InChI=1S/C14H18F3N3O/c1-2-20(11-4-3-7-18-9-11)13(21)12-6-5-10(8-19-12)14(15,16)17/h5-6,8,11,18H,2-4,7,9H2,1H3. The van der Waals surface area contributed by atoms with Gasteiger partial charge in [-0.3, -0.25) is 9.78 Å². The van der Waals surface area contributed by atoms with E-state index < -0.39 is 11.7 Å². The summed E-state index contributed by atoms with van der Waals surface area (Å²) in [7, 11) is 0. The van der Waals surface area contributed by atoms with Crippen LogP contribution in [0.3, 0.4) is 0 Å². The molecule has 1 aromatic rings. The number of alkyl halides is 3. The Kier molecular flexibility index (Phi) is 4.82. The molecule has 21 heavy (non-hydrogen) atoms. The molecule has 4 nitrogen and oxygen atoms in total. The van der Waals surface area contributed by atoms with Crippen LogP contribution in [0.4, 0.5) is 13.2 Å². The van der Waals surface area contributed by atoms with E-state index in [4.69, 9.17) is 0 Å². The second-order valence-electron chi connectivity index (χ2n) is 5.02. The van der Waals surface area contributed by atoms with Gasteiger partial charge in [0, 0.05) is 25.3 Å². The maximum atomic E-state index is 12.5. The molecule has 0 aliphatic carbocycles. The summed E-state index contributed by atoms with van der Waals surface area (Å²) < 4.78 is 37.5. The van der Waals surface area contributed by atoms with Crippen molar-refractivity contribution in [2.75, 3.05) is 19.6 Å². The molecule has 1 amide bonds. The van der Waals surface area contributed by atoms with E-state index in [9.17, 15) is 18.0 Å². The minimum Gasteiger partial charge on any atom is -0.333 e. The Hall–Kier alpha value is -1.63. The lowest BCUT2D eigenvalue weighted by molar-refractivity contribution is -0.137. The number of nitrogens with zero attached hydrogens (tertiary/aromatic N) is 2. The highest BCUT2D eigenvalue weighted by Crippen LogP contribution is 2.28. The minimum atomic E-state index is -4.44. The maximum absolute atomic E-state index is 12.5.